The summed E-state index contributed by atoms with van der Waals surface area (Å²) in [5.74, 6) is 0. The Bertz CT molecular complexity index is 414. The van der Waals surface area contributed by atoms with Crippen LogP contribution in [0.2, 0.25) is 0 Å². The first-order valence-corrected chi connectivity index (χ1v) is 6.64. The van der Waals surface area contributed by atoms with E-state index in [1.54, 1.807) is 0 Å². The van der Waals surface area contributed by atoms with E-state index in [-0.39, 0.29) is 6.04 Å². The maximum Gasteiger partial charge on any atom is 0.119 e. The molecule has 0 radical (unpaired) electrons. The third kappa shape index (κ3) is 1.96. The van der Waals surface area contributed by atoms with Gasteiger partial charge in [-0.3, -0.25) is 4.90 Å². The van der Waals surface area contributed by atoms with Crippen LogP contribution in [0, 0.1) is 11.3 Å². The van der Waals surface area contributed by atoms with Gasteiger partial charge in [-0.05, 0) is 18.4 Å². The van der Waals surface area contributed by atoms with E-state index >= 15 is 0 Å². The summed E-state index contributed by atoms with van der Waals surface area (Å²) in [5.41, 5.74) is 1.31. The fraction of sp³-hybridized carbons (Fsp3) is 0.533. The summed E-state index contributed by atoms with van der Waals surface area (Å²) in [7, 11) is 0. The highest BCUT2D eigenvalue weighted by Gasteiger charge is 2.52. The van der Waals surface area contributed by atoms with Crippen molar-refractivity contribution < 1.29 is 0 Å². The predicted octanol–water partition coefficient (Wildman–Crippen LogP) is 3.27. The first-order chi connectivity index (χ1) is 8.42. The lowest BCUT2D eigenvalue weighted by atomic mass is 9.95. The monoisotopic (exact) mass is 226 g/mol. The van der Waals surface area contributed by atoms with E-state index in [2.05, 4.69) is 35.2 Å². The van der Waals surface area contributed by atoms with E-state index < -0.39 is 0 Å². The quantitative estimate of drug-likeness (QED) is 0.724. The average Bonchev–Trinajstić information content (AvgIpc) is 3.15. The molecule has 1 aliphatic carbocycles. The van der Waals surface area contributed by atoms with E-state index in [0.717, 1.165) is 0 Å². The van der Waals surface area contributed by atoms with Gasteiger partial charge in [0.05, 0.1) is 12.1 Å². The molecule has 17 heavy (non-hydrogen) atoms. The Kier molecular flexibility index (Phi) is 2.86. The molecule has 0 spiro atoms. The normalized spacial score (nSPS) is 33.0. The Morgan fingerprint density at radius 1 is 1.06 bits per heavy atom. The summed E-state index contributed by atoms with van der Waals surface area (Å²) in [6.07, 6.45) is 6.60. The molecule has 0 aromatic heterocycles. The van der Waals surface area contributed by atoms with Crippen LogP contribution in [0.5, 0.6) is 0 Å². The maximum atomic E-state index is 9.25. The predicted molar refractivity (Wildman–Crippen MR) is 67.3 cm³/mol. The summed E-state index contributed by atoms with van der Waals surface area (Å²) >= 11 is 0. The van der Waals surface area contributed by atoms with Crippen molar-refractivity contribution in [1.29, 1.82) is 5.26 Å². The summed E-state index contributed by atoms with van der Waals surface area (Å²) in [6, 6.07) is 14.1. The van der Waals surface area contributed by atoms with Crippen molar-refractivity contribution in [1.82, 2.24) is 4.90 Å². The van der Waals surface area contributed by atoms with Gasteiger partial charge in [0, 0.05) is 6.04 Å². The highest BCUT2D eigenvalue weighted by molar-refractivity contribution is 5.32. The van der Waals surface area contributed by atoms with Crippen molar-refractivity contribution >= 4 is 0 Å². The second-order valence-electron chi connectivity index (χ2n) is 5.17. The number of benzene rings is 1. The Morgan fingerprint density at radius 3 is 2.41 bits per heavy atom. The van der Waals surface area contributed by atoms with Crippen molar-refractivity contribution in [3.05, 3.63) is 35.9 Å². The van der Waals surface area contributed by atoms with E-state index in [0.29, 0.717) is 12.1 Å². The standard InChI is InChI=1S/C15H18N2/c16-11-14-15(12-7-3-1-4-8-12)17(14)13-9-5-2-6-10-13/h1,3-4,7-8,13-15H,2,5-6,9-10H2. The van der Waals surface area contributed by atoms with E-state index in [1.165, 1.54) is 37.7 Å². The van der Waals surface area contributed by atoms with Crippen molar-refractivity contribution in [2.45, 2.75) is 50.2 Å². The fourth-order valence-corrected chi connectivity index (χ4v) is 3.22. The second kappa shape index (κ2) is 4.50. The molecule has 2 aliphatic rings. The smallest absolute Gasteiger partial charge is 0.119 e. The van der Waals surface area contributed by atoms with Gasteiger partial charge < -0.3 is 0 Å². The summed E-state index contributed by atoms with van der Waals surface area (Å²) in [6.45, 7) is 0. The molecule has 88 valence electrons. The van der Waals surface area contributed by atoms with Crippen LogP contribution >= 0.6 is 0 Å². The molecular weight excluding hydrogens is 208 g/mol. The van der Waals surface area contributed by atoms with Gasteiger partial charge in [0.15, 0.2) is 0 Å². The van der Waals surface area contributed by atoms with Gasteiger partial charge in [0.2, 0.25) is 0 Å². The molecule has 2 nitrogen and oxygen atoms in total. The number of rotatable bonds is 2. The highest BCUT2D eigenvalue weighted by Crippen LogP contribution is 2.47. The van der Waals surface area contributed by atoms with Crippen LogP contribution in [0.3, 0.4) is 0 Å². The Hall–Kier alpha value is -1.33. The van der Waals surface area contributed by atoms with Gasteiger partial charge in [0.25, 0.3) is 0 Å². The summed E-state index contributed by atoms with van der Waals surface area (Å²) in [4.78, 5) is 2.43. The lowest BCUT2D eigenvalue weighted by Crippen LogP contribution is -2.23. The topological polar surface area (TPSA) is 26.8 Å². The van der Waals surface area contributed by atoms with Crippen molar-refractivity contribution in [2.75, 3.05) is 0 Å². The molecule has 1 aliphatic heterocycles. The lowest BCUT2D eigenvalue weighted by Gasteiger charge is -2.23. The second-order valence-corrected chi connectivity index (χ2v) is 5.17. The van der Waals surface area contributed by atoms with Crippen molar-refractivity contribution in [2.24, 2.45) is 0 Å². The van der Waals surface area contributed by atoms with Crippen molar-refractivity contribution in [3.8, 4) is 6.07 Å². The van der Waals surface area contributed by atoms with Gasteiger partial charge in [-0.1, -0.05) is 49.6 Å². The van der Waals surface area contributed by atoms with Gasteiger partial charge in [0.1, 0.15) is 6.04 Å². The Morgan fingerprint density at radius 2 is 1.76 bits per heavy atom. The van der Waals surface area contributed by atoms with Crippen LogP contribution in [0.1, 0.15) is 43.7 Å². The first kappa shape index (κ1) is 10.8. The Balaban J connectivity index is 1.76. The van der Waals surface area contributed by atoms with Crippen LogP contribution in [-0.4, -0.2) is 17.0 Å². The molecule has 1 saturated carbocycles. The van der Waals surface area contributed by atoms with Gasteiger partial charge in [-0.25, -0.2) is 0 Å². The summed E-state index contributed by atoms with van der Waals surface area (Å²) in [5, 5.41) is 9.25. The van der Waals surface area contributed by atoms with E-state index in [4.69, 9.17) is 0 Å². The van der Waals surface area contributed by atoms with Gasteiger partial charge >= 0.3 is 0 Å². The molecule has 3 atom stereocenters. The Labute approximate surface area is 103 Å². The molecule has 0 amide bonds. The molecule has 0 N–H and O–H groups in total. The number of hydrogen-bond acceptors (Lipinski definition) is 2. The highest BCUT2D eigenvalue weighted by atomic mass is 15.4. The minimum absolute atomic E-state index is 0.125. The first-order valence-electron chi connectivity index (χ1n) is 6.64. The molecule has 1 aromatic carbocycles. The number of hydrogen-bond donors (Lipinski definition) is 0. The molecule has 1 aromatic rings. The van der Waals surface area contributed by atoms with E-state index in [9.17, 15) is 5.26 Å². The van der Waals surface area contributed by atoms with Gasteiger partial charge in [-0.2, -0.15) is 5.26 Å². The van der Waals surface area contributed by atoms with Crippen LogP contribution < -0.4 is 0 Å². The maximum absolute atomic E-state index is 9.25. The third-order valence-electron chi connectivity index (χ3n) is 4.12. The van der Waals surface area contributed by atoms with Crippen LogP contribution in [0.25, 0.3) is 0 Å². The van der Waals surface area contributed by atoms with Crippen LogP contribution in [0.15, 0.2) is 30.3 Å². The van der Waals surface area contributed by atoms with Crippen molar-refractivity contribution in [3.63, 3.8) is 0 Å². The van der Waals surface area contributed by atoms with Crippen LogP contribution in [0.4, 0.5) is 0 Å². The molecule has 2 fully saturated rings. The molecule has 2 heteroatoms. The minimum Gasteiger partial charge on any atom is -0.274 e. The average molecular weight is 226 g/mol. The zero-order valence-electron chi connectivity index (χ0n) is 10.0. The zero-order chi connectivity index (χ0) is 11.7. The third-order valence-corrected chi connectivity index (χ3v) is 4.12. The minimum atomic E-state index is 0.125. The molecular formula is C15H18N2. The number of nitrogens with zero attached hydrogens (tertiary/aromatic N) is 2. The lowest BCUT2D eigenvalue weighted by molar-refractivity contribution is 0.276. The molecule has 3 rings (SSSR count). The zero-order valence-corrected chi connectivity index (χ0v) is 10.0. The molecule has 3 unspecified atom stereocenters. The van der Waals surface area contributed by atoms with E-state index in [1.807, 2.05) is 6.07 Å². The molecule has 1 heterocycles. The molecule has 0 bridgehead atoms. The fourth-order valence-electron chi connectivity index (χ4n) is 3.22. The summed E-state index contributed by atoms with van der Waals surface area (Å²) < 4.78 is 0. The largest absolute Gasteiger partial charge is 0.274 e. The molecule has 1 saturated heterocycles. The van der Waals surface area contributed by atoms with Gasteiger partial charge in [-0.15, -0.1) is 0 Å². The van der Waals surface area contributed by atoms with Crippen LogP contribution in [-0.2, 0) is 0 Å². The SMILES string of the molecule is N#CC1C(c2ccccc2)N1C1CCCCC1. The number of nitriles is 1.